The highest BCUT2D eigenvalue weighted by atomic mass is 15.3. The average Bonchev–Trinajstić information content (AvgIpc) is 2.63. The molecule has 0 aliphatic rings. The number of rotatable bonds is 8. The molecule has 1 atom stereocenters. The summed E-state index contributed by atoms with van der Waals surface area (Å²) >= 11 is 0. The Bertz CT molecular complexity index is 278. The predicted molar refractivity (Wildman–Crippen MR) is 69.5 cm³/mol. The van der Waals surface area contributed by atoms with E-state index in [4.69, 9.17) is 0 Å². The Kier molecular flexibility index (Phi) is 6.20. The van der Waals surface area contributed by atoms with Crippen molar-refractivity contribution in [1.29, 1.82) is 0 Å². The SMILES string of the molecule is CCCCCCCC(C)Cn1ccc(C)n1. The van der Waals surface area contributed by atoms with Gasteiger partial charge in [0.15, 0.2) is 0 Å². The van der Waals surface area contributed by atoms with Crippen LogP contribution in [0.2, 0.25) is 0 Å². The predicted octanol–water partition coefficient (Wildman–Crippen LogP) is 4.19. The van der Waals surface area contributed by atoms with Gasteiger partial charge in [-0.05, 0) is 25.3 Å². The normalized spacial score (nSPS) is 12.9. The molecule has 2 nitrogen and oxygen atoms in total. The van der Waals surface area contributed by atoms with Crippen molar-refractivity contribution in [2.24, 2.45) is 5.92 Å². The summed E-state index contributed by atoms with van der Waals surface area (Å²) in [6.07, 6.45) is 10.3. The molecule has 1 heterocycles. The van der Waals surface area contributed by atoms with Gasteiger partial charge in [-0.3, -0.25) is 4.68 Å². The molecule has 2 heteroatoms. The van der Waals surface area contributed by atoms with Gasteiger partial charge in [0.1, 0.15) is 0 Å². The third kappa shape index (κ3) is 5.34. The van der Waals surface area contributed by atoms with Crippen molar-refractivity contribution in [3.63, 3.8) is 0 Å². The second kappa shape index (κ2) is 7.48. The van der Waals surface area contributed by atoms with Crippen LogP contribution in [0.5, 0.6) is 0 Å². The van der Waals surface area contributed by atoms with Crippen LogP contribution in [-0.2, 0) is 6.54 Å². The molecule has 1 aromatic heterocycles. The summed E-state index contributed by atoms with van der Waals surface area (Å²) in [5, 5.41) is 4.42. The van der Waals surface area contributed by atoms with Crippen LogP contribution in [0, 0.1) is 12.8 Å². The van der Waals surface area contributed by atoms with Crippen molar-refractivity contribution in [3.8, 4) is 0 Å². The number of unbranched alkanes of at least 4 members (excludes halogenated alkanes) is 4. The van der Waals surface area contributed by atoms with Crippen LogP contribution in [0.25, 0.3) is 0 Å². The van der Waals surface area contributed by atoms with Crippen LogP contribution in [0.1, 0.15) is 58.1 Å². The van der Waals surface area contributed by atoms with Crippen molar-refractivity contribution >= 4 is 0 Å². The molecule has 0 fully saturated rings. The second-order valence-corrected chi connectivity index (χ2v) is 4.99. The van der Waals surface area contributed by atoms with Crippen molar-refractivity contribution in [2.75, 3.05) is 0 Å². The Morgan fingerprint density at radius 1 is 1.25 bits per heavy atom. The zero-order chi connectivity index (χ0) is 11.8. The minimum Gasteiger partial charge on any atom is -0.272 e. The van der Waals surface area contributed by atoms with Gasteiger partial charge in [0.2, 0.25) is 0 Å². The van der Waals surface area contributed by atoms with E-state index in [0.29, 0.717) is 0 Å². The van der Waals surface area contributed by atoms with Gasteiger partial charge < -0.3 is 0 Å². The minimum absolute atomic E-state index is 0.751. The Labute approximate surface area is 100 Å². The van der Waals surface area contributed by atoms with Crippen LogP contribution >= 0.6 is 0 Å². The number of nitrogens with zero attached hydrogens (tertiary/aromatic N) is 2. The molecule has 0 N–H and O–H groups in total. The van der Waals surface area contributed by atoms with Gasteiger partial charge in [-0.1, -0.05) is 46.0 Å². The topological polar surface area (TPSA) is 17.8 Å². The van der Waals surface area contributed by atoms with E-state index >= 15 is 0 Å². The summed E-state index contributed by atoms with van der Waals surface area (Å²) in [7, 11) is 0. The maximum absolute atomic E-state index is 4.42. The molecule has 1 rings (SSSR count). The number of hydrogen-bond donors (Lipinski definition) is 0. The maximum Gasteiger partial charge on any atom is 0.0593 e. The summed E-state index contributed by atoms with van der Waals surface area (Å²) in [6.45, 7) is 7.72. The van der Waals surface area contributed by atoms with Crippen LogP contribution in [0.3, 0.4) is 0 Å². The molecule has 0 spiro atoms. The molecular formula is C14H26N2. The molecule has 0 radical (unpaired) electrons. The molecule has 1 unspecified atom stereocenters. The van der Waals surface area contributed by atoms with Crippen LogP contribution in [0.15, 0.2) is 12.3 Å². The average molecular weight is 222 g/mol. The van der Waals surface area contributed by atoms with Gasteiger partial charge >= 0.3 is 0 Å². The molecule has 0 saturated heterocycles. The highest BCUT2D eigenvalue weighted by Crippen LogP contribution is 2.13. The first-order valence-corrected chi connectivity index (χ1v) is 6.72. The Morgan fingerprint density at radius 3 is 2.62 bits per heavy atom. The molecule has 0 aliphatic carbocycles. The van der Waals surface area contributed by atoms with Gasteiger partial charge in [-0.2, -0.15) is 5.10 Å². The Hall–Kier alpha value is -0.790. The fourth-order valence-electron chi connectivity index (χ4n) is 2.07. The van der Waals surface area contributed by atoms with E-state index in [0.717, 1.165) is 18.2 Å². The van der Waals surface area contributed by atoms with E-state index in [1.807, 2.05) is 6.92 Å². The fourth-order valence-corrected chi connectivity index (χ4v) is 2.07. The van der Waals surface area contributed by atoms with Gasteiger partial charge in [-0.25, -0.2) is 0 Å². The third-order valence-corrected chi connectivity index (χ3v) is 3.07. The van der Waals surface area contributed by atoms with E-state index in [2.05, 4.69) is 35.9 Å². The Balaban J connectivity index is 2.09. The molecular weight excluding hydrogens is 196 g/mol. The highest BCUT2D eigenvalue weighted by Gasteiger charge is 2.03. The van der Waals surface area contributed by atoms with E-state index in [1.54, 1.807) is 0 Å². The summed E-state index contributed by atoms with van der Waals surface area (Å²) in [5.74, 6) is 0.751. The van der Waals surface area contributed by atoms with Crippen LogP contribution in [-0.4, -0.2) is 9.78 Å². The van der Waals surface area contributed by atoms with Crippen molar-refractivity contribution in [3.05, 3.63) is 18.0 Å². The molecule has 0 amide bonds. The summed E-state index contributed by atoms with van der Waals surface area (Å²) in [4.78, 5) is 0. The minimum atomic E-state index is 0.751. The quantitative estimate of drug-likeness (QED) is 0.603. The smallest absolute Gasteiger partial charge is 0.0593 e. The lowest BCUT2D eigenvalue weighted by Gasteiger charge is -2.11. The van der Waals surface area contributed by atoms with E-state index in [-0.39, 0.29) is 0 Å². The summed E-state index contributed by atoms with van der Waals surface area (Å²) in [6, 6.07) is 2.08. The highest BCUT2D eigenvalue weighted by molar-refractivity contribution is 4.94. The zero-order valence-electron chi connectivity index (χ0n) is 11.1. The summed E-state index contributed by atoms with van der Waals surface area (Å²) in [5.41, 5.74) is 1.12. The number of aryl methyl sites for hydroxylation is 1. The standard InChI is InChI=1S/C14H26N2/c1-4-5-6-7-8-9-13(2)12-16-11-10-14(3)15-16/h10-11,13H,4-9,12H2,1-3H3. The van der Waals surface area contributed by atoms with E-state index < -0.39 is 0 Å². The first kappa shape index (κ1) is 13.3. The number of hydrogen-bond acceptors (Lipinski definition) is 1. The molecule has 92 valence electrons. The Morgan fingerprint density at radius 2 is 2.00 bits per heavy atom. The van der Waals surface area contributed by atoms with Crippen molar-refractivity contribution in [1.82, 2.24) is 9.78 Å². The lowest BCUT2D eigenvalue weighted by Crippen LogP contribution is -2.08. The number of aromatic nitrogens is 2. The molecule has 0 aromatic carbocycles. The molecule has 1 aromatic rings. The van der Waals surface area contributed by atoms with Crippen molar-refractivity contribution < 1.29 is 0 Å². The molecule has 0 saturated carbocycles. The molecule has 0 aliphatic heterocycles. The van der Waals surface area contributed by atoms with Crippen LogP contribution < -0.4 is 0 Å². The molecule has 16 heavy (non-hydrogen) atoms. The monoisotopic (exact) mass is 222 g/mol. The largest absolute Gasteiger partial charge is 0.272 e. The third-order valence-electron chi connectivity index (χ3n) is 3.07. The molecule has 0 bridgehead atoms. The lowest BCUT2D eigenvalue weighted by molar-refractivity contribution is 0.404. The second-order valence-electron chi connectivity index (χ2n) is 4.99. The first-order chi connectivity index (χ1) is 7.72. The van der Waals surface area contributed by atoms with Crippen molar-refractivity contribution in [2.45, 2.75) is 65.8 Å². The van der Waals surface area contributed by atoms with Gasteiger partial charge in [0.25, 0.3) is 0 Å². The lowest BCUT2D eigenvalue weighted by atomic mass is 10.0. The van der Waals surface area contributed by atoms with E-state index in [1.165, 1.54) is 38.5 Å². The fraction of sp³-hybridized carbons (Fsp3) is 0.786. The van der Waals surface area contributed by atoms with Gasteiger partial charge in [-0.15, -0.1) is 0 Å². The summed E-state index contributed by atoms with van der Waals surface area (Å²) < 4.78 is 2.08. The van der Waals surface area contributed by atoms with Gasteiger partial charge in [0, 0.05) is 12.7 Å². The van der Waals surface area contributed by atoms with Crippen LogP contribution in [0.4, 0.5) is 0 Å². The van der Waals surface area contributed by atoms with Gasteiger partial charge in [0.05, 0.1) is 5.69 Å². The zero-order valence-corrected chi connectivity index (χ0v) is 11.1. The van der Waals surface area contributed by atoms with E-state index in [9.17, 15) is 0 Å². The maximum atomic E-state index is 4.42. The first-order valence-electron chi connectivity index (χ1n) is 6.72.